The number of benzene rings is 2. The van der Waals surface area contributed by atoms with Gasteiger partial charge in [0.25, 0.3) is 0 Å². The molecular formula is C21H16ClFN2O3. The fourth-order valence-corrected chi connectivity index (χ4v) is 3.94. The molecule has 1 fully saturated rings. The standard InChI is InChI=1S/C21H16ClFN2O3/c22-20-15(12-2-1-3-14(23)10-12)5-4-13(11-18-24-8-9-28-18)19(20)16-6-7-17(26)25-21(16)27/h1-5,8-10,16H,6-7,11H2,(H,25,26,27). The molecule has 2 amide bonds. The first-order valence-corrected chi connectivity index (χ1v) is 9.20. The molecule has 0 spiro atoms. The van der Waals surface area contributed by atoms with Crippen molar-refractivity contribution in [1.29, 1.82) is 0 Å². The van der Waals surface area contributed by atoms with Gasteiger partial charge in [-0.25, -0.2) is 9.37 Å². The number of halogens is 2. The summed E-state index contributed by atoms with van der Waals surface area (Å²) >= 11 is 6.74. The lowest BCUT2D eigenvalue weighted by molar-refractivity contribution is -0.134. The summed E-state index contributed by atoms with van der Waals surface area (Å²) in [6.07, 6.45) is 3.96. The first kappa shape index (κ1) is 18.4. The van der Waals surface area contributed by atoms with Gasteiger partial charge in [-0.1, -0.05) is 35.9 Å². The SMILES string of the molecule is O=C1CCC(c2c(Cc3ncco3)ccc(-c3cccc(F)c3)c2Cl)C(=O)N1. The minimum absolute atomic E-state index is 0.232. The number of nitrogens with one attached hydrogen (secondary N) is 1. The Hall–Kier alpha value is -2.99. The van der Waals surface area contributed by atoms with Crippen LogP contribution >= 0.6 is 11.6 Å². The average molecular weight is 399 g/mol. The zero-order valence-corrected chi connectivity index (χ0v) is 15.5. The lowest BCUT2D eigenvalue weighted by Crippen LogP contribution is -2.39. The third kappa shape index (κ3) is 3.55. The maximum absolute atomic E-state index is 13.7. The van der Waals surface area contributed by atoms with Crippen LogP contribution in [0.3, 0.4) is 0 Å². The van der Waals surface area contributed by atoms with Gasteiger partial charge in [-0.2, -0.15) is 0 Å². The number of hydrogen-bond donors (Lipinski definition) is 1. The van der Waals surface area contributed by atoms with Crippen molar-refractivity contribution >= 4 is 23.4 Å². The van der Waals surface area contributed by atoms with Crippen LogP contribution < -0.4 is 5.32 Å². The Kier molecular flexibility index (Phi) is 4.96. The predicted octanol–water partition coefficient (Wildman–Crippen LogP) is 4.25. The number of carbonyl (C=O) groups is 2. The molecule has 1 aliphatic heterocycles. The van der Waals surface area contributed by atoms with Crippen molar-refractivity contribution in [3.05, 3.63) is 76.7 Å². The molecule has 1 saturated heterocycles. The second kappa shape index (κ2) is 7.56. The molecule has 0 aliphatic carbocycles. The predicted molar refractivity (Wildman–Crippen MR) is 101 cm³/mol. The molecule has 7 heteroatoms. The van der Waals surface area contributed by atoms with Crippen LogP contribution in [0.25, 0.3) is 11.1 Å². The summed E-state index contributed by atoms with van der Waals surface area (Å²) in [5, 5.41) is 2.74. The van der Waals surface area contributed by atoms with E-state index in [-0.39, 0.29) is 24.1 Å². The van der Waals surface area contributed by atoms with Gasteiger partial charge in [0, 0.05) is 18.4 Å². The summed E-state index contributed by atoms with van der Waals surface area (Å²) in [7, 11) is 0. The lowest BCUT2D eigenvalue weighted by atomic mass is 9.84. The smallest absolute Gasteiger partial charge is 0.234 e. The number of oxazole rings is 1. The van der Waals surface area contributed by atoms with Crippen molar-refractivity contribution in [3.63, 3.8) is 0 Å². The van der Waals surface area contributed by atoms with Crippen LogP contribution in [0.15, 0.2) is 53.3 Å². The fraction of sp³-hybridized carbons (Fsp3) is 0.190. The quantitative estimate of drug-likeness (QED) is 0.667. The molecule has 28 heavy (non-hydrogen) atoms. The minimum atomic E-state index is -0.580. The van der Waals surface area contributed by atoms with Gasteiger partial charge in [-0.15, -0.1) is 0 Å². The minimum Gasteiger partial charge on any atom is -0.449 e. The topological polar surface area (TPSA) is 72.2 Å². The van der Waals surface area contributed by atoms with E-state index in [2.05, 4.69) is 10.3 Å². The van der Waals surface area contributed by atoms with E-state index >= 15 is 0 Å². The van der Waals surface area contributed by atoms with Crippen molar-refractivity contribution in [2.45, 2.75) is 25.2 Å². The summed E-state index contributed by atoms with van der Waals surface area (Å²) in [6, 6.07) is 9.75. The number of carbonyl (C=O) groups excluding carboxylic acids is 2. The Bertz CT molecular complexity index is 1050. The van der Waals surface area contributed by atoms with Crippen molar-refractivity contribution in [2.24, 2.45) is 0 Å². The number of piperidine rings is 1. The number of amides is 2. The summed E-state index contributed by atoms with van der Waals surface area (Å²) < 4.78 is 19.0. The van der Waals surface area contributed by atoms with Crippen LogP contribution in [-0.4, -0.2) is 16.8 Å². The summed E-state index contributed by atoms with van der Waals surface area (Å²) in [5.74, 6) is -1.15. The van der Waals surface area contributed by atoms with Gasteiger partial charge < -0.3 is 4.42 Å². The second-order valence-electron chi connectivity index (χ2n) is 6.62. The second-order valence-corrected chi connectivity index (χ2v) is 6.99. The highest BCUT2D eigenvalue weighted by Crippen LogP contribution is 2.40. The maximum atomic E-state index is 13.7. The van der Waals surface area contributed by atoms with Crippen LogP contribution in [0.2, 0.25) is 5.02 Å². The Labute approximate surface area is 165 Å². The summed E-state index contributed by atoms with van der Waals surface area (Å²) in [4.78, 5) is 28.2. The van der Waals surface area contributed by atoms with Gasteiger partial charge in [0.05, 0.1) is 17.1 Å². The van der Waals surface area contributed by atoms with Crippen molar-refractivity contribution in [3.8, 4) is 11.1 Å². The van der Waals surface area contributed by atoms with Gasteiger partial charge in [-0.05, 0) is 35.2 Å². The third-order valence-electron chi connectivity index (χ3n) is 4.82. The van der Waals surface area contributed by atoms with E-state index < -0.39 is 5.92 Å². The van der Waals surface area contributed by atoms with Crippen LogP contribution in [0.4, 0.5) is 4.39 Å². The molecule has 1 aromatic heterocycles. The van der Waals surface area contributed by atoms with Gasteiger partial charge >= 0.3 is 0 Å². The van der Waals surface area contributed by atoms with E-state index in [1.807, 2.05) is 6.07 Å². The van der Waals surface area contributed by atoms with Crippen molar-refractivity contribution in [1.82, 2.24) is 10.3 Å². The maximum Gasteiger partial charge on any atom is 0.234 e. The Balaban J connectivity index is 1.84. The molecule has 1 unspecified atom stereocenters. The van der Waals surface area contributed by atoms with Gasteiger partial charge in [-0.3, -0.25) is 14.9 Å². The van der Waals surface area contributed by atoms with Crippen LogP contribution in [0.5, 0.6) is 0 Å². The highest BCUT2D eigenvalue weighted by atomic mass is 35.5. The molecule has 1 aliphatic rings. The number of rotatable bonds is 4. The summed E-state index contributed by atoms with van der Waals surface area (Å²) in [6.45, 7) is 0. The molecule has 1 N–H and O–H groups in total. The van der Waals surface area contributed by atoms with Crippen LogP contribution in [0, 0.1) is 5.82 Å². The average Bonchev–Trinajstić information content (AvgIpc) is 3.16. The van der Waals surface area contributed by atoms with Crippen molar-refractivity contribution in [2.75, 3.05) is 0 Å². The Morgan fingerprint density at radius 3 is 2.82 bits per heavy atom. The number of hydrogen-bond acceptors (Lipinski definition) is 4. The van der Waals surface area contributed by atoms with E-state index in [0.717, 1.165) is 5.56 Å². The normalized spacial score (nSPS) is 16.9. The number of nitrogens with zero attached hydrogens (tertiary/aromatic N) is 1. The zero-order valence-electron chi connectivity index (χ0n) is 14.7. The molecule has 5 nitrogen and oxygen atoms in total. The molecular weight excluding hydrogens is 383 g/mol. The molecule has 142 valence electrons. The van der Waals surface area contributed by atoms with Gasteiger partial charge in [0.2, 0.25) is 11.8 Å². The monoisotopic (exact) mass is 398 g/mol. The fourth-order valence-electron chi connectivity index (χ4n) is 3.51. The number of imide groups is 1. The molecule has 1 atom stereocenters. The molecule has 2 aromatic carbocycles. The van der Waals surface area contributed by atoms with E-state index in [1.165, 1.54) is 18.4 Å². The van der Waals surface area contributed by atoms with E-state index in [4.69, 9.17) is 16.0 Å². The van der Waals surface area contributed by atoms with E-state index in [9.17, 15) is 14.0 Å². The highest BCUT2D eigenvalue weighted by molar-refractivity contribution is 6.34. The van der Waals surface area contributed by atoms with E-state index in [1.54, 1.807) is 24.4 Å². The largest absolute Gasteiger partial charge is 0.449 e. The Morgan fingerprint density at radius 2 is 2.11 bits per heavy atom. The van der Waals surface area contributed by atoms with Gasteiger partial charge in [0.1, 0.15) is 12.1 Å². The zero-order chi connectivity index (χ0) is 19.7. The van der Waals surface area contributed by atoms with Crippen LogP contribution in [-0.2, 0) is 16.0 Å². The molecule has 0 saturated carbocycles. The van der Waals surface area contributed by atoms with Gasteiger partial charge in [0.15, 0.2) is 5.89 Å². The first-order valence-electron chi connectivity index (χ1n) is 8.82. The molecule has 4 rings (SSSR count). The first-order chi connectivity index (χ1) is 13.5. The van der Waals surface area contributed by atoms with Crippen LogP contribution in [0.1, 0.15) is 35.8 Å². The lowest BCUT2D eigenvalue weighted by Gasteiger charge is -2.25. The summed E-state index contributed by atoms with van der Waals surface area (Å²) in [5.41, 5.74) is 2.63. The Morgan fingerprint density at radius 1 is 1.25 bits per heavy atom. The van der Waals surface area contributed by atoms with Crippen molar-refractivity contribution < 1.29 is 18.4 Å². The highest BCUT2D eigenvalue weighted by Gasteiger charge is 2.32. The molecule has 3 aromatic rings. The number of aromatic nitrogens is 1. The molecule has 0 bridgehead atoms. The molecule has 0 radical (unpaired) electrons. The van der Waals surface area contributed by atoms with E-state index in [0.29, 0.717) is 40.4 Å². The molecule has 2 heterocycles. The third-order valence-corrected chi connectivity index (χ3v) is 5.23.